The first-order valence-corrected chi connectivity index (χ1v) is 7.47. The van der Waals surface area contributed by atoms with Gasteiger partial charge in [0.25, 0.3) is 5.91 Å². The van der Waals surface area contributed by atoms with E-state index in [4.69, 9.17) is 11.6 Å². The summed E-state index contributed by atoms with van der Waals surface area (Å²) in [5.74, 6) is 0.555. The summed E-state index contributed by atoms with van der Waals surface area (Å²) in [6.07, 6.45) is 2.91. The largest absolute Gasteiger partial charge is 0.507 e. The molecule has 1 aromatic rings. The zero-order valence-electron chi connectivity index (χ0n) is 10.3. The van der Waals surface area contributed by atoms with E-state index >= 15 is 0 Å². The van der Waals surface area contributed by atoms with Crippen LogP contribution in [0.4, 0.5) is 0 Å². The minimum Gasteiger partial charge on any atom is -0.507 e. The summed E-state index contributed by atoms with van der Waals surface area (Å²) in [7, 11) is 1.75. The number of unbranched alkanes of at least 4 members (excludes halogenated alkanes) is 2. The predicted molar refractivity (Wildman–Crippen MR) is 82.4 cm³/mol. The second-order valence-corrected chi connectivity index (χ2v) is 5.76. The molecule has 0 saturated heterocycles. The first-order chi connectivity index (χ1) is 8.56. The van der Waals surface area contributed by atoms with Gasteiger partial charge in [0.05, 0.1) is 5.56 Å². The first-order valence-electron chi connectivity index (χ1n) is 5.86. The lowest BCUT2D eigenvalue weighted by atomic mass is 10.1. The van der Waals surface area contributed by atoms with Gasteiger partial charge in [0, 0.05) is 23.0 Å². The van der Waals surface area contributed by atoms with Crippen LogP contribution < -0.4 is 0 Å². The molecule has 18 heavy (non-hydrogen) atoms. The second-order valence-electron chi connectivity index (χ2n) is 4.14. The third kappa shape index (κ3) is 4.65. The molecule has 0 fully saturated rings. The van der Waals surface area contributed by atoms with Crippen molar-refractivity contribution in [1.82, 2.24) is 4.90 Å². The highest BCUT2D eigenvalue weighted by molar-refractivity contribution is 14.1. The van der Waals surface area contributed by atoms with Gasteiger partial charge in [-0.05, 0) is 53.6 Å². The quantitative estimate of drug-likeness (QED) is 0.466. The summed E-state index contributed by atoms with van der Waals surface area (Å²) in [5, 5.41) is 9.70. The Balaban J connectivity index is 2.60. The Kier molecular flexibility index (Phi) is 6.78. The van der Waals surface area contributed by atoms with E-state index in [-0.39, 0.29) is 11.7 Å². The van der Waals surface area contributed by atoms with Crippen molar-refractivity contribution >= 4 is 40.1 Å². The van der Waals surface area contributed by atoms with E-state index in [1.54, 1.807) is 30.1 Å². The number of hydrogen-bond acceptors (Lipinski definition) is 2. The number of aromatic hydroxyl groups is 1. The Labute approximate surface area is 126 Å². The van der Waals surface area contributed by atoms with E-state index in [9.17, 15) is 9.90 Å². The first kappa shape index (κ1) is 15.6. The molecule has 1 aromatic carbocycles. The van der Waals surface area contributed by atoms with Crippen molar-refractivity contribution in [3.8, 4) is 5.75 Å². The summed E-state index contributed by atoms with van der Waals surface area (Å²) >= 11 is 7.72. The van der Waals surface area contributed by atoms with Crippen LogP contribution in [0.15, 0.2) is 18.2 Å². The molecule has 1 N–H and O–H groups in total. The van der Waals surface area contributed by atoms with E-state index in [1.165, 1.54) is 0 Å². The van der Waals surface area contributed by atoms with Crippen LogP contribution in [0, 0.1) is 3.57 Å². The van der Waals surface area contributed by atoms with Crippen LogP contribution in [0.2, 0.25) is 0 Å². The number of phenols is 1. The summed E-state index contributed by atoms with van der Waals surface area (Å²) in [6, 6.07) is 5.02. The number of amides is 1. The normalized spacial score (nSPS) is 10.4. The van der Waals surface area contributed by atoms with Crippen molar-refractivity contribution in [2.24, 2.45) is 0 Å². The number of benzene rings is 1. The molecule has 0 aliphatic rings. The van der Waals surface area contributed by atoms with Crippen LogP contribution in [-0.4, -0.2) is 35.4 Å². The Morgan fingerprint density at radius 1 is 1.39 bits per heavy atom. The van der Waals surface area contributed by atoms with Gasteiger partial charge in [0.1, 0.15) is 5.75 Å². The SMILES string of the molecule is CN(CCCCCCl)C(=O)c1cc(I)ccc1O. The van der Waals surface area contributed by atoms with Crippen molar-refractivity contribution in [2.75, 3.05) is 19.5 Å². The lowest BCUT2D eigenvalue weighted by Crippen LogP contribution is -2.27. The summed E-state index contributed by atoms with van der Waals surface area (Å²) in [6.45, 7) is 0.681. The molecule has 0 bridgehead atoms. The topological polar surface area (TPSA) is 40.5 Å². The number of halogens is 2. The molecule has 0 aliphatic heterocycles. The molecule has 0 saturated carbocycles. The molecular weight excluding hydrogens is 365 g/mol. The highest BCUT2D eigenvalue weighted by atomic mass is 127. The minimum absolute atomic E-state index is 0.0352. The molecule has 3 nitrogen and oxygen atoms in total. The summed E-state index contributed by atoms with van der Waals surface area (Å²) < 4.78 is 0.935. The van der Waals surface area contributed by atoms with Crippen molar-refractivity contribution in [2.45, 2.75) is 19.3 Å². The smallest absolute Gasteiger partial charge is 0.257 e. The van der Waals surface area contributed by atoms with Crippen LogP contribution in [0.5, 0.6) is 5.75 Å². The lowest BCUT2D eigenvalue weighted by molar-refractivity contribution is 0.0789. The van der Waals surface area contributed by atoms with Crippen molar-refractivity contribution in [3.05, 3.63) is 27.3 Å². The second kappa shape index (κ2) is 7.84. The molecule has 0 aliphatic carbocycles. The average Bonchev–Trinajstić information content (AvgIpc) is 2.36. The van der Waals surface area contributed by atoms with Gasteiger partial charge in [-0.1, -0.05) is 6.42 Å². The van der Waals surface area contributed by atoms with Gasteiger partial charge in [-0.25, -0.2) is 0 Å². The van der Waals surface area contributed by atoms with E-state index in [2.05, 4.69) is 22.6 Å². The molecule has 0 aromatic heterocycles. The van der Waals surface area contributed by atoms with Crippen LogP contribution in [0.25, 0.3) is 0 Å². The highest BCUT2D eigenvalue weighted by Crippen LogP contribution is 2.21. The fourth-order valence-electron chi connectivity index (χ4n) is 1.61. The molecule has 5 heteroatoms. The van der Waals surface area contributed by atoms with Gasteiger partial charge in [-0.3, -0.25) is 4.79 Å². The van der Waals surface area contributed by atoms with Crippen molar-refractivity contribution in [3.63, 3.8) is 0 Å². The molecule has 0 unspecified atom stereocenters. The van der Waals surface area contributed by atoms with E-state index in [0.29, 0.717) is 18.0 Å². The molecule has 0 atom stereocenters. The van der Waals surface area contributed by atoms with Gasteiger partial charge < -0.3 is 10.0 Å². The summed E-state index contributed by atoms with van der Waals surface area (Å²) in [5.41, 5.74) is 0.363. The molecule has 0 radical (unpaired) electrons. The molecular formula is C13H17ClINO2. The number of rotatable bonds is 6. The maximum absolute atomic E-state index is 12.1. The standard InChI is InChI=1S/C13H17ClINO2/c1-16(8-4-2-3-7-14)13(18)11-9-10(15)5-6-12(11)17/h5-6,9,17H,2-4,7-8H2,1H3. The Morgan fingerprint density at radius 3 is 2.78 bits per heavy atom. The van der Waals surface area contributed by atoms with Gasteiger partial charge in [0.15, 0.2) is 0 Å². The molecule has 100 valence electrons. The zero-order chi connectivity index (χ0) is 13.5. The molecule has 1 rings (SSSR count). The Bertz CT molecular complexity index is 412. The Morgan fingerprint density at radius 2 is 2.11 bits per heavy atom. The monoisotopic (exact) mass is 381 g/mol. The van der Waals surface area contributed by atoms with Gasteiger partial charge in [0.2, 0.25) is 0 Å². The van der Waals surface area contributed by atoms with Gasteiger partial charge >= 0.3 is 0 Å². The number of carbonyl (C=O) groups excluding carboxylic acids is 1. The fourth-order valence-corrected chi connectivity index (χ4v) is 2.29. The van der Waals surface area contributed by atoms with Gasteiger partial charge in [-0.2, -0.15) is 0 Å². The van der Waals surface area contributed by atoms with Crippen molar-refractivity contribution in [1.29, 1.82) is 0 Å². The number of phenolic OH excluding ortho intramolecular Hbond substituents is 1. The maximum atomic E-state index is 12.1. The van der Waals surface area contributed by atoms with E-state index < -0.39 is 0 Å². The third-order valence-electron chi connectivity index (χ3n) is 2.66. The molecule has 0 heterocycles. The van der Waals surface area contributed by atoms with E-state index in [0.717, 1.165) is 22.8 Å². The number of nitrogens with zero attached hydrogens (tertiary/aromatic N) is 1. The van der Waals surface area contributed by atoms with E-state index in [1.807, 2.05) is 0 Å². The minimum atomic E-state index is -0.142. The highest BCUT2D eigenvalue weighted by Gasteiger charge is 2.15. The lowest BCUT2D eigenvalue weighted by Gasteiger charge is -2.17. The average molecular weight is 382 g/mol. The number of hydrogen-bond donors (Lipinski definition) is 1. The third-order valence-corrected chi connectivity index (χ3v) is 3.60. The van der Waals surface area contributed by atoms with Crippen LogP contribution in [0.3, 0.4) is 0 Å². The van der Waals surface area contributed by atoms with Crippen LogP contribution in [0.1, 0.15) is 29.6 Å². The summed E-state index contributed by atoms with van der Waals surface area (Å²) in [4.78, 5) is 13.8. The predicted octanol–water partition coefficient (Wildman–Crippen LogP) is 3.48. The maximum Gasteiger partial charge on any atom is 0.257 e. The van der Waals surface area contributed by atoms with Crippen LogP contribution >= 0.6 is 34.2 Å². The van der Waals surface area contributed by atoms with Crippen molar-refractivity contribution < 1.29 is 9.90 Å². The van der Waals surface area contributed by atoms with Gasteiger partial charge in [-0.15, -0.1) is 11.6 Å². The van der Waals surface area contributed by atoms with Crippen LogP contribution in [-0.2, 0) is 0 Å². The fraction of sp³-hybridized carbons (Fsp3) is 0.462. The zero-order valence-corrected chi connectivity index (χ0v) is 13.2. The molecule has 0 spiro atoms. The number of carbonyl (C=O) groups is 1. The Hall–Kier alpha value is -0.490. The number of alkyl halides is 1. The molecule has 1 amide bonds.